The molecule has 0 N–H and O–H groups in total. The lowest BCUT2D eigenvalue weighted by atomic mass is 9.98. The van der Waals surface area contributed by atoms with E-state index in [4.69, 9.17) is 0 Å². The first-order chi connectivity index (χ1) is 6.75. The molecule has 0 aromatic heterocycles. The molecule has 0 saturated heterocycles. The van der Waals surface area contributed by atoms with E-state index in [9.17, 15) is 9.59 Å². The second-order valence-electron chi connectivity index (χ2n) is 4.07. The zero-order valence-electron chi connectivity index (χ0n) is 8.12. The Bertz CT molecular complexity index is 285. The van der Waals surface area contributed by atoms with E-state index < -0.39 is 11.9 Å². The largest absolute Gasteiger partial charge is 0.386 e. The molecule has 2 rings (SSSR count). The van der Waals surface area contributed by atoms with Crippen LogP contribution in [0.3, 0.4) is 0 Å². The highest BCUT2D eigenvalue weighted by molar-refractivity contribution is 6.08. The summed E-state index contributed by atoms with van der Waals surface area (Å²) in [4.78, 5) is 21.8. The summed E-state index contributed by atoms with van der Waals surface area (Å²) in [5.41, 5.74) is 0.557. The number of hydrogen-bond acceptors (Lipinski definition) is 3. The van der Waals surface area contributed by atoms with Gasteiger partial charge < -0.3 is 4.74 Å². The van der Waals surface area contributed by atoms with Crippen LogP contribution in [0.2, 0.25) is 0 Å². The summed E-state index contributed by atoms with van der Waals surface area (Å²) in [7, 11) is 0. The standard InChI is InChI=1S/C11H14O3/c12-10-7-9(11(13)14-10)6-5-8-3-1-2-4-8/h7-8H,1-6H2. The molecule has 76 valence electrons. The molecule has 0 radical (unpaired) electrons. The first kappa shape index (κ1) is 9.44. The van der Waals surface area contributed by atoms with Crippen LogP contribution in [0, 0.1) is 5.92 Å². The second-order valence-corrected chi connectivity index (χ2v) is 4.07. The van der Waals surface area contributed by atoms with E-state index in [1.54, 1.807) is 0 Å². The first-order valence-electron chi connectivity index (χ1n) is 5.22. The zero-order valence-corrected chi connectivity index (χ0v) is 8.12. The van der Waals surface area contributed by atoms with Gasteiger partial charge in [-0.3, -0.25) is 0 Å². The molecule has 1 heterocycles. The molecule has 3 nitrogen and oxygen atoms in total. The van der Waals surface area contributed by atoms with E-state index in [0.29, 0.717) is 12.0 Å². The van der Waals surface area contributed by atoms with Crippen molar-refractivity contribution in [2.75, 3.05) is 0 Å². The lowest BCUT2D eigenvalue weighted by molar-refractivity contribution is -0.150. The Morgan fingerprint density at radius 1 is 1.29 bits per heavy atom. The van der Waals surface area contributed by atoms with Gasteiger partial charge in [0.15, 0.2) is 0 Å². The van der Waals surface area contributed by atoms with E-state index in [1.165, 1.54) is 31.8 Å². The van der Waals surface area contributed by atoms with Gasteiger partial charge in [0.1, 0.15) is 0 Å². The van der Waals surface area contributed by atoms with Crippen molar-refractivity contribution in [3.8, 4) is 0 Å². The summed E-state index contributed by atoms with van der Waals surface area (Å²) in [5, 5.41) is 0. The highest BCUT2D eigenvalue weighted by Crippen LogP contribution is 2.30. The third kappa shape index (κ3) is 2.03. The smallest absolute Gasteiger partial charge is 0.342 e. The minimum atomic E-state index is -0.503. The van der Waals surface area contributed by atoms with Crippen LogP contribution in [0.1, 0.15) is 38.5 Å². The fourth-order valence-corrected chi connectivity index (χ4v) is 2.22. The van der Waals surface area contributed by atoms with Gasteiger partial charge in [0, 0.05) is 11.6 Å². The molecule has 0 aromatic rings. The van der Waals surface area contributed by atoms with Crippen LogP contribution in [0.25, 0.3) is 0 Å². The third-order valence-corrected chi connectivity index (χ3v) is 3.04. The van der Waals surface area contributed by atoms with Crippen LogP contribution in [-0.4, -0.2) is 11.9 Å². The topological polar surface area (TPSA) is 43.4 Å². The van der Waals surface area contributed by atoms with Gasteiger partial charge >= 0.3 is 11.9 Å². The van der Waals surface area contributed by atoms with Crippen LogP contribution >= 0.6 is 0 Å². The molecule has 0 atom stereocenters. The summed E-state index contributed by atoms with van der Waals surface area (Å²) < 4.78 is 4.42. The van der Waals surface area contributed by atoms with Crippen molar-refractivity contribution in [3.05, 3.63) is 11.6 Å². The Morgan fingerprint density at radius 2 is 2.00 bits per heavy atom. The Kier molecular flexibility index (Phi) is 2.66. The van der Waals surface area contributed by atoms with Crippen molar-refractivity contribution in [1.82, 2.24) is 0 Å². The number of carbonyl (C=O) groups is 2. The minimum Gasteiger partial charge on any atom is -0.386 e. The van der Waals surface area contributed by atoms with E-state index >= 15 is 0 Å². The number of esters is 2. The molecule has 3 heteroatoms. The van der Waals surface area contributed by atoms with Crippen LogP contribution < -0.4 is 0 Å². The third-order valence-electron chi connectivity index (χ3n) is 3.04. The summed E-state index contributed by atoms with van der Waals surface area (Å²) in [5.74, 6) is -0.191. The van der Waals surface area contributed by atoms with Crippen molar-refractivity contribution < 1.29 is 14.3 Å². The van der Waals surface area contributed by atoms with Gasteiger partial charge in [-0.25, -0.2) is 9.59 Å². The number of cyclic esters (lactones) is 2. The highest BCUT2D eigenvalue weighted by atomic mass is 16.6. The van der Waals surface area contributed by atoms with Crippen molar-refractivity contribution >= 4 is 11.9 Å². The van der Waals surface area contributed by atoms with Crippen LogP contribution in [-0.2, 0) is 14.3 Å². The average Bonchev–Trinajstić information content (AvgIpc) is 2.72. The summed E-state index contributed by atoms with van der Waals surface area (Å²) in [6, 6.07) is 0. The number of carbonyl (C=O) groups excluding carboxylic acids is 2. The Hall–Kier alpha value is -1.12. The molecular formula is C11H14O3. The molecular weight excluding hydrogens is 180 g/mol. The number of rotatable bonds is 3. The highest BCUT2D eigenvalue weighted by Gasteiger charge is 2.24. The summed E-state index contributed by atoms with van der Waals surface area (Å²) in [6.45, 7) is 0. The molecule has 14 heavy (non-hydrogen) atoms. The van der Waals surface area contributed by atoms with Crippen LogP contribution in [0.4, 0.5) is 0 Å². The average molecular weight is 194 g/mol. The maximum absolute atomic E-state index is 11.1. The maximum Gasteiger partial charge on any atom is 0.342 e. The molecule has 1 fully saturated rings. The zero-order chi connectivity index (χ0) is 9.97. The summed E-state index contributed by atoms with van der Waals surface area (Å²) in [6.07, 6.45) is 8.23. The molecule has 1 aliphatic heterocycles. The quantitative estimate of drug-likeness (QED) is 0.509. The van der Waals surface area contributed by atoms with E-state index in [0.717, 1.165) is 12.3 Å². The van der Waals surface area contributed by atoms with Gasteiger partial charge in [-0.15, -0.1) is 0 Å². The molecule has 1 aliphatic carbocycles. The molecule has 0 bridgehead atoms. The number of hydrogen-bond donors (Lipinski definition) is 0. The molecule has 2 aliphatic rings. The lowest BCUT2D eigenvalue weighted by Gasteiger charge is -2.06. The Labute approximate surface area is 83.1 Å². The van der Waals surface area contributed by atoms with Crippen molar-refractivity contribution in [2.45, 2.75) is 38.5 Å². The van der Waals surface area contributed by atoms with Gasteiger partial charge in [0.2, 0.25) is 0 Å². The molecule has 1 saturated carbocycles. The SMILES string of the molecule is O=C1C=C(CCC2CCCC2)C(=O)O1. The fourth-order valence-electron chi connectivity index (χ4n) is 2.22. The minimum absolute atomic E-state index is 0.437. The predicted molar refractivity (Wildman–Crippen MR) is 50.4 cm³/mol. The maximum atomic E-state index is 11.1. The van der Waals surface area contributed by atoms with E-state index in [1.807, 2.05) is 0 Å². The molecule has 0 amide bonds. The second kappa shape index (κ2) is 3.95. The van der Waals surface area contributed by atoms with E-state index in [-0.39, 0.29) is 0 Å². The summed E-state index contributed by atoms with van der Waals surface area (Å²) >= 11 is 0. The molecule has 0 unspecified atom stereocenters. The van der Waals surface area contributed by atoms with Crippen LogP contribution in [0.5, 0.6) is 0 Å². The Balaban J connectivity index is 1.82. The van der Waals surface area contributed by atoms with Gasteiger partial charge in [0.05, 0.1) is 0 Å². The number of ether oxygens (including phenoxy) is 1. The Morgan fingerprint density at radius 3 is 2.57 bits per heavy atom. The normalized spacial score (nSPS) is 22.7. The van der Waals surface area contributed by atoms with Gasteiger partial charge in [-0.1, -0.05) is 25.7 Å². The van der Waals surface area contributed by atoms with E-state index in [2.05, 4.69) is 4.74 Å². The lowest BCUT2D eigenvalue weighted by Crippen LogP contribution is -2.03. The fraction of sp³-hybridized carbons (Fsp3) is 0.636. The predicted octanol–water partition coefficient (Wildman–Crippen LogP) is 1.97. The van der Waals surface area contributed by atoms with Gasteiger partial charge in [0.25, 0.3) is 0 Å². The molecule has 0 spiro atoms. The van der Waals surface area contributed by atoms with Crippen LogP contribution in [0.15, 0.2) is 11.6 Å². The van der Waals surface area contributed by atoms with Crippen molar-refractivity contribution in [2.24, 2.45) is 5.92 Å². The van der Waals surface area contributed by atoms with Gasteiger partial charge in [-0.05, 0) is 18.8 Å². The van der Waals surface area contributed by atoms with Gasteiger partial charge in [-0.2, -0.15) is 0 Å². The monoisotopic (exact) mass is 194 g/mol. The molecule has 0 aromatic carbocycles. The van der Waals surface area contributed by atoms with Crippen molar-refractivity contribution in [1.29, 1.82) is 0 Å². The van der Waals surface area contributed by atoms with Crippen molar-refractivity contribution in [3.63, 3.8) is 0 Å². The first-order valence-corrected chi connectivity index (χ1v) is 5.22.